The van der Waals surface area contributed by atoms with Crippen LogP contribution in [-0.2, 0) is 0 Å². The summed E-state index contributed by atoms with van der Waals surface area (Å²) in [4.78, 5) is 14.7. The van der Waals surface area contributed by atoms with Crippen LogP contribution in [0, 0.1) is 5.82 Å². The first kappa shape index (κ1) is 9.86. The first-order chi connectivity index (χ1) is 7.11. The van der Waals surface area contributed by atoms with E-state index in [-0.39, 0.29) is 21.5 Å². The molecule has 0 spiro atoms. The van der Waals surface area contributed by atoms with Gasteiger partial charge in [-0.25, -0.2) is 9.18 Å². The first-order valence-electron chi connectivity index (χ1n) is 4.07. The van der Waals surface area contributed by atoms with E-state index in [4.69, 9.17) is 16.7 Å². The van der Waals surface area contributed by atoms with E-state index in [0.717, 1.165) is 6.07 Å². The summed E-state index contributed by atoms with van der Waals surface area (Å²) in [6.07, 6.45) is 1.29. The van der Waals surface area contributed by atoms with Crippen LogP contribution in [0.4, 0.5) is 4.39 Å². The number of hydrogen-bond donors (Lipinski definition) is 1. The predicted octanol–water partition coefficient (Wildman–Crippen LogP) is 2.73. The van der Waals surface area contributed by atoms with Gasteiger partial charge in [-0.1, -0.05) is 11.6 Å². The fraction of sp³-hybridized carbons (Fsp3) is 0. The van der Waals surface area contributed by atoms with E-state index in [1.165, 1.54) is 18.3 Å². The molecule has 0 amide bonds. The van der Waals surface area contributed by atoms with E-state index in [9.17, 15) is 9.18 Å². The second-order valence-electron chi connectivity index (χ2n) is 2.92. The van der Waals surface area contributed by atoms with Crippen molar-refractivity contribution in [2.75, 3.05) is 0 Å². The number of halogens is 2. The second kappa shape index (κ2) is 3.47. The third-order valence-corrected chi connectivity index (χ3v) is 2.33. The van der Waals surface area contributed by atoms with Crippen LogP contribution in [0.3, 0.4) is 0 Å². The minimum atomic E-state index is -1.21. The number of rotatable bonds is 1. The number of carboxylic acids is 1. The lowest BCUT2D eigenvalue weighted by atomic mass is 10.1. The predicted molar refractivity (Wildman–Crippen MR) is 53.7 cm³/mol. The topological polar surface area (TPSA) is 50.2 Å². The van der Waals surface area contributed by atoms with Crippen molar-refractivity contribution < 1.29 is 14.3 Å². The third-order valence-electron chi connectivity index (χ3n) is 2.02. The van der Waals surface area contributed by atoms with E-state index in [1.807, 2.05) is 0 Å². The molecule has 1 heterocycles. The van der Waals surface area contributed by atoms with Crippen molar-refractivity contribution in [1.82, 2.24) is 4.98 Å². The smallest absolute Gasteiger partial charge is 0.336 e. The molecule has 1 aromatic heterocycles. The number of nitrogens with zero attached hydrogens (tertiary/aromatic N) is 1. The zero-order valence-corrected chi connectivity index (χ0v) is 8.12. The van der Waals surface area contributed by atoms with Crippen molar-refractivity contribution in [1.29, 1.82) is 0 Å². The van der Waals surface area contributed by atoms with Gasteiger partial charge in [-0.15, -0.1) is 0 Å². The van der Waals surface area contributed by atoms with Crippen molar-refractivity contribution in [3.8, 4) is 0 Å². The lowest BCUT2D eigenvalue weighted by Gasteiger charge is -2.03. The molecule has 0 atom stereocenters. The van der Waals surface area contributed by atoms with Crippen molar-refractivity contribution in [2.45, 2.75) is 0 Å². The lowest BCUT2D eigenvalue weighted by Crippen LogP contribution is -2.00. The highest BCUT2D eigenvalue weighted by molar-refractivity contribution is 6.35. The molecule has 1 N–H and O–H groups in total. The molecular weight excluding hydrogens is 221 g/mol. The molecule has 0 fully saturated rings. The standard InChI is InChI=1S/C10H5ClFNO2/c11-6-1-2-7(12)8-5(10(14)15)3-4-13-9(6)8/h1-4H,(H,14,15). The van der Waals surface area contributed by atoms with E-state index in [0.29, 0.717) is 0 Å². The molecule has 15 heavy (non-hydrogen) atoms. The molecule has 0 unspecified atom stereocenters. The van der Waals surface area contributed by atoms with Crippen LogP contribution in [-0.4, -0.2) is 16.1 Å². The average Bonchev–Trinajstić information content (AvgIpc) is 2.23. The molecule has 1 aromatic carbocycles. The van der Waals surface area contributed by atoms with Gasteiger partial charge in [0.25, 0.3) is 0 Å². The molecule has 0 saturated heterocycles. The largest absolute Gasteiger partial charge is 0.478 e. The van der Waals surface area contributed by atoms with E-state index in [1.54, 1.807) is 0 Å². The minimum Gasteiger partial charge on any atom is -0.478 e. The summed E-state index contributed by atoms with van der Waals surface area (Å²) in [7, 11) is 0. The second-order valence-corrected chi connectivity index (χ2v) is 3.32. The van der Waals surface area contributed by atoms with E-state index in [2.05, 4.69) is 4.98 Å². The number of fused-ring (bicyclic) bond motifs is 1. The van der Waals surface area contributed by atoms with Crippen LogP contribution >= 0.6 is 11.6 Å². The maximum Gasteiger partial charge on any atom is 0.336 e. The molecule has 2 rings (SSSR count). The molecule has 0 bridgehead atoms. The fourth-order valence-corrected chi connectivity index (χ4v) is 1.58. The number of carboxylic acid groups (broad SMARTS) is 1. The Hall–Kier alpha value is -1.68. The van der Waals surface area contributed by atoms with Gasteiger partial charge in [0.15, 0.2) is 0 Å². The summed E-state index contributed by atoms with van der Waals surface area (Å²) in [5.74, 6) is -1.84. The van der Waals surface area contributed by atoms with Crippen LogP contribution in [0.2, 0.25) is 5.02 Å². The van der Waals surface area contributed by atoms with Gasteiger partial charge >= 0.3 is 5.97 Å². The van der Waals surface area contributed by atoms with Crippen LogP contribution in [0.1, 0.15) is 10.4 Å². The van der Waals surface area contributed by atoms with Gasteiger partial charge in [-0.3, -0.25) is 4.98 Å². The summed E-state index contributed by atoms with van der Waals surface area (Å²) >= 11 is 5.78. The Kier molecular flexibility index (Phi) is 2.28. The molecule has 76 valence electrons. The quantitative estimate of drug-likeness (QED) is 0.812. The summed E-state index contributed by atoms with van der Waals surface area (Å²) in [5.41, 5.74) is 0.0246. The number of aromatic nitrogens is 1. The van der Waals surface area contributed by atoms with Gasteiger partial charge in [0.05, 0.1) is 21.5 Å². The highest BCUT2D eigenvalue weighted by Crippen LogP contribution is 2.26. The van der Waals surface area contributed by atoms with Crippen molar-refractivity contribution in [2.24, 2.45) is 0 Å². The Bertz CT molecular complexity index is 556. The molecule has 2 aromatic rings. The highest BCUT2D eigenvalue weighted by Gasteiger charge is 2.14. The molecule has 3 nitrogen and oxygen atoms in total. The number of benzene rings is 1. The van der Waals surface area contributed by atoms with Crippen molar-refractivity contribution in [3.05, 3.63) is 40.8 Å². The van der Waals surface area contributed by atoms with Gasteiger partial charge in [0.2, 0.25) is 0 Å². The van der Waals surface area contributed by atoms with Crippen molar-refractivity contribution >= 4 is 28.5 Å². The summed E-state index contributed by atoms with van der Waals surface area (Å²) in [6, 6.07) is 3.71. The Morgan fingerprint density at radius 1 is 1.40 bits per heavy atom. The van der Waals surface area contributed by atoms with E-state index < -0.39 is 11.8 Å². The van der Waals surface area contributed by atoms with Gasteiger partial charge < -0.3 is 5.11 Å². The van der Waals surface area contributed by atoms with Gasteiger partial charge in [-0.05, 0) is 18.2 Å². The summed E-state index contributed by atoms with van der Waals surface area (Å²) in [6.45, 7) is 0. The number of hydrogen-bond acceptors (Lipinski definition) is 2. The molecular formula is C10H5ClFNO2. The zero-order chi connectivity index (χ0) is 11.0. The van der Waals surface area contributed by atoms with Crippen LogP contribution in [0.15, 0.2) is 24.4 Å². The van der Waals surface area contributed by atoms with Crippen LogP contribution < -0.4 is 0 Å². The average molecular weight is 226 g/mol. The Labute approximate surface area is 89.1 Å². The normalized spacial score (nSPS) is 10.5. The summed E-state index contributed by atoms with van der Waals surface area (Å²) < 4.78 is 13.4. The first-order valence-corrected chi connectivity index (χ1v) is 4.45. The van der Waals surface area contributed by atoms with Crippen molar-refractivity contribution in [3.63, 3.8) is 0 Å². The third kappa shape index (κ3) is 1.53. The number of pyridine rings is 1. The number of carbonyl (C=O) groups is 1. The SMILES string of the molecule is O=C(O)c1ccnc2c(Cl)ccc(F)c12. The minimum absolute atomic E-state index is 0.0579. The Morgan fingerprint density at radius 3 is 2.80 bits per heavy atom. The highest BCUT2D eigenvalue weighted by atomic mass is 35.5. The fourth-order valence-electron chi connectivity index (χ4n) is 1.37. The molecule has 0 aliphatic carbocycles. The van der Waals surface area contributed by atoms with Gasteiger partial charge in [0.1, 0.15) is 5.82 Å². The van der Waals surface area contributed by atoms with Gasteiger partial charge in [0, 0.05) is 6.20 Å². The van der Waals surface area contributed by atoms with Crippen LogP contribution in [0.25, 0.3) is 10.9 Å². The molecule has 0 radical (unpaired) electrons. The lowest BCUT2D eigenvalue weighted by molar-refractivity contribution is 0.0698. The molecule has 5 heteroatoms. The molecule has 0 saturated carbocycles. The van der Waals surface area contributed by atoms with Gasteiger partial charge in [-0.2, -0.15) is 0 Å². The Balaban J connectivity index is 2.96. The maximum atomic E-state index is 13.4. The van der Waals surface area contributed by atoms with E-state index >= 15 is 0 Å². The monoisotopic (exact) mass is 225 g/mol. The molecule has 0 aliphatic rings. The van der Waals surface area contributed by atoms with Crippen LogP contribution in [0.5, 0.6) is 0 Å². The Morgan fingerprint density at radius 2 is 2.13 bits per heavy atom. The maximum absolute atomic E-state index is 13.4. The number of aromatic carboxylic acids is 1. The zero-order valence-electron chi connectivity index (χ0n) is 7.37. The summed E-state index contributed by atoms with van der Waals surface area (Å²) in [5, 5.41) is 9.03. The molecule has 0 aliphatic heterocycles.